The molecule has 1 aromatic carbocycles. The molecule has 0 aliphatic heterocycles. The van der Waals surface area contributed by atoms with E-state index in [1.54, 1.807) is 0 Å². The maximum absolute atomic E-state index is 12.7. The Hall–Kier alpha value is -1.38. The Bertz CT molecular complexity index is 753. The molecule has 0 saturated heterocycles. The van der Waals surface area contributed by atoms with Gasteiger partial charge in [-0.15, -0.1) is 0 Å². The lowest BCUT2D eigenvalue weighted by molar-refractivity contribution is -0.137. The number of nitrogens with zero attached hydrogens (tertiary/aromatic N) is 1. The van der Waals surface area contributed by atoms with Gasteiger partial charge in [-0.3, -0.25) is 0 Å². The summed E-state index contributed by atoms with van der Waals surface area (Å²) in [4.78, 5) is -0.109. The molecule has 1 aliphatic rings. The molecule has 0 aromatic heterocycles. The topological polar surface area (TPSA) is 49.4 Å². The Morgan fingerprint density at radius 1 is 1.14 bits per heavy atom. The average Bonchev–Trinajstić information content (AvgIpc) is 2.69. The van der Waals surface area contributed by atoms with E-state index in [2.05, 4.69) is 24.4 Å². The van der Waals surface area contributed by atoms with Gasteiger partial charge in [0.1, 0.15) is 0 Å². The molecular weight excluding hydrogens is 401 g/mol. The van der Waals surface area contributed by atoms with Crippen LogP contribution in [0.2, 0.25) is 0 Å². The summed E-state index contributed by atoms with van der Waals surface area (Å²) in [6, 6.07) is 3.68. The summed E-state index contributed by atoms with van der Waals surface area (Å²) in [5, 5.41) is 3.26. The molecule has 0 bridgehead atoms. The number of sulfonamides is 1. The fourth-order valence-corrected chi connectivity index (χ4v) is 4.82. The minimum Gasteiger partial charge on any atom is -0.314 e. The zero-order valence-electron chi connectivity index (χ0n) is 17.1. The molecule has 1 aliphatic carbocycles. The van der Waals surface area contributed by atoms with Gasteiger partial charge in [0, 0.05) is 20.1 Å². The van der Waals surface area contributed by atoms with Gasteiger partial charge in [0.15, 0.2) is 0 Å². The van der Waals surface area contributed by atoms with E-state index in [4.69, 9.17) is 0 Å². The first kappa shape index (κ1) is 23.9. The van der Waals surface area contributed by atoms with Crippen molar-refractivity contribution in [2.24, 2.45) is 11.8 Å². The van der Waals surface area contributed by atoms with Crippen molar-refractivity contribution in [1.29, 1.82) is 0 Å². The fourth-order valence-electron chi connectivity index (χ4n) is 3.64. The van der Waals surface area contributed by atoms with E-state index < -0.39 is 21.8 Å². The fraction of sp³-hybridized carbons (Fsp3) is 0.619. The van der Waals surface area contributed by atoms with Crippen molar-refractivity contribution >= 4 is 10.0 Å². The molecule has 0 atom stereocenters. The Labute approximate surface area is 172 Å². The lowest BCUT2D eigenvalue weighted by Gasteiger charge is -2.28. The number of likely N-dealkylation sites (N-methyl/N-ethyl adjacent to an activating group) is 1. The lowest BCUT2D eigenvalue weighted by atomic mass is 9.80. The largest absolute Gasteiger partial charge is 0.416 e. The molecule has 0 radical (unpaired) electrons. The number of hydrogen-bond donors (Lipinski definition) is 1. The second kappa shape index (κ2) is 10.6. The number of nitrogens with one attached hydrogen (secondary N) is 1. The molecular formula is C21H31F3N2O2S. The second-order valence-corrected chi connectivity index (χ2v) is 9.70. The van der Waals surface area contributed by atoms with E-state index in [-0.39, 0.29) is 4.90 Å². The number of allylic oxidation sites excluding steroid dienone is 1. The van der Waals surface area contributed by atoms with E-state index in [9.17, 15) is 21.6 Å². The van der Waals surface area contributed by atoms with Gasteiger partial charge in [0.05, 0.1) is 10.5 Å². The molecule has 0 heterocycles. The summed E-state index contributed by atoms with van der Waals surface area (Å²) in [5.74, 6) is 1.08. The summed E-state index contributed by atoms with van der Waals surface area (Å²) >= 11 is 0. The van der Waals surface area contributed by atoms with Gasteiger partial charge in [0.25, 0.3) is 0 Å². The van der Waals surface area contributed by atoms with Crippen LogP contribution in [0.3, 0.4) is 0 Å². The summed E-state index contributed by atoms with van der Waals surface area (Å²) in [7, 11) is -2.29. The molecule has 0 amide bonds. The summed E-state index contributed by atoms with van der Waals surface area (Å²) in [6.45, 7) is 4.30. The molecule has 0 unspecified atom stereocenters. The highest BCUT2D eigenvalue weighted by atomic mass is 32.2. The standard InChI is InChI=1S/C21H31F3N2O2S/c1-3-25-15-4-5-17-6-8-18(9-7-17)14-16-26(2)29(27,28)20-12-10-19(11-13-20)21(22,23)24/h4-5,10-13,17-18,25H,3,6-9,14-16H2,1-2H3. The van der Waals surface area contributed by atoms with Crippen molar-refractivity contribution < 1.29 is 21.6 Å². The van der Waals surface area contributed by atoms with Gasteiger partial charge < -0.3 is 5.32 Å². The van der Waals surface area contributed by atoms with Crippen molar-refractivity contribution in [3.63, 3.8) is 0 Å². The van der Waals surface area contributed by atoms with E-state index in [1.165, 1.54) is 11.4 Å². The Morgan fingerprint density at radius 3 is 2.31 bits per heavy atom. The molecule has 1 saturated carbocycles. The summed E-state index contributed by atoms with van der Waals surface area (Å²) in [6.07, 6.45) is 5.12. The van der Waals surface area contributed by atoms with E-state index in [1.807, 2.05) is 0 Å². The third-order valence-electron chi connectivity index (χ3n) is 5.55. The van der Waals surface area contributed by atoms with Crippen LogP contribution in [-0.4, -0.2) is 39.4 Å². The molecule has 8 heteroatoms. The van der Waals surface area contributed by atoms with Crippen LogP contribution in [0.5, 0.6) is 0 Å². The highest BCUT2D eigenvalue weighted by molar-refractivity contribution is 7.89. The predicted octanol–water partition coefficient (Wildman–Crippen LogP) is 4.69. The highest BCUT2D eigenvalue weighted by Crippen LogP contribution is 2.32. The van der Waals surface area contributed by atoms with E-state index in [0.717, 1.165) is 69.5 Å². The molecule has 164 valence electrons. The van der Waals surface area contributed by atoms with E-state index >= 15 is 0 Å². The van der Waals surface area contributed by atoms with Crippen molar-refractivity contribution in [2.45, 2.75) is 50.1 Å². The van der Waals surface area contributed by atoms with Crippen LogP contribution in [-0.2, 0) is 16.2 Å². The van der Waals surface area contributed by atoms with Gasteiger partial charge >= 0.3 is 6.18 Å². The SMILES string of the molecule is CCNCC=CC1CCC(CCN(C)S(=O)(=O)c2ccc(C(F)(F)F)cc2)CC1. The van der Waals surface area contributed by atoms with Crippen molar-refractivity contribution in [3.05, 3.63) is 42.0 Å². The smallest absolute Gasteiger partial charge is 0.314 e. The molecule has 4 nitrogen and oxygen atoms in total. The number of halogens is 3. The van der Waals surface area contributed by atoms with Crippen LogP contribution in [0.4, 0.5) is 13.2 Å². The highest BCUT2D eigenvalue weighted by Gasteiger charge is 2.31. The Kier molecular flexibility index (Phi) is 8.73. The number of benzene rings is 1. The van der Waals surface area contributed by atoms with Gasteiger partial charge in [-0.2, -0.15) is 13.2 Å². The first-order valence-electron chi connectivity index (χ1n) is 10.2. The third-order valence-corrected chi connectivity index (χ3v) is 7.43. The average molecular weight is 433 g/mol. The second-order valence-electron chi connectivity index (χ2n) is 7.65. The zero-order valence-corrected chi connectivity index (χ0v) is 17.9. The number of hydrogen-bond acceptors (Lipinski definition) is 3. The maximum atomic E-state index is 12.7. The normalized spacial score (nSPS) is 21.2. The monoisotopic (exact) mass is 432 g/mol. The van der Waals surface area contributed by atoms with Crippen molar-refractivity contribution in [2.75, 3.05) is 26.7 Å². The van der Waals surface area contributed by atoms with Crippen LogP contribution >= 0.6 is 0 Å². The quantitative estimate of drug-likeness (QED) is 0.455. The van der Waals surface area contributed by atoms with Gasteiger partial charge in [-0.05, 0) is 74.8 Å². The van der Waals surface area contributed by atoms with E-state index in [0.29, 0.717) is 18.4 Å². The number of alkyl halides is 3. The third kappa shape index (κ3) is 7.12. The van der Waals surface area contributed by atoms with Gasteiger partial charge in [0.2, 0.25) is 10.0 Å². The Balaban J connectivity index is 1.83. The minimum atomic E-state index is -4.48. The number of rotatable bonds is 9. The van der Waals surface area contributed by atoms with Gasteiger partial charge in [-0.25, -0.2) is 12.7 Å². The van der Waals surface area contributed by atoms with Crippen LogP contribution in [0.1, 0.15) is 44.6 Å². The first-order valence-corrected chi connectivity index (χ1v) is 11.6. The predicted molar refractivity (Wildman–Crippen MR) is 109 cm³/mol. The lowest BCUT2D eigenvalue weighted by Crippen LogP contribution is -2.29. The summed E-state index contributed by atoms with van der Waals surface area (Å²) < 4.78 is 64.5. The Morgan fingerprint density at radius 2 is 1.76 bits per heavy atom. The van der Waals surface area contributed by atoms with Crippen LogP contribution in [0.25, 0.3) is 0 Å². The molecule has 1 fully saturated rings. The van der Waals surface area contributed by atoms with Crippen LogP contribution in [0.15, 0.2) is 41.3 Å². The zero-order chi connectivity index (χ0) is 21.5. The van der Waals surface area contributed by atoms with Crippen molar-refractivity contribution in [1.82, 2.24) is 9.62 Å². The molecule has 1 N–H and O–H groups in total. The first-order chi connectivity index (χ1) is 13.6. The van der Waals surface area contributed by atoms with Gasteiger partial charge in [-0.1, -0.05) is 19.1 Å². The molecule has 2 rings (SSSR count). The minimum absolute atomic E-state index is 0.109. The van der Waals surface area contributed by atoms with Crippen molar-refractivity contribution in [3.8, 4) is 0 Å². The van der Waals surface area contributed by atoms with Crippen LogP contribution < -0.4 is 5.32 Å². The molecule has 1 aromatic rings. The maximum Gasteiger partial charge on any atom is 0.416 e. The molecule has 29 heavy (non-hydrogen) atoms. The summed E-state index contributed by atoms with van der Waals surface area (Å²) in [5.41, 5.74) is -0.851. The molecule has 0 spiro atoms. The van der Waals surface area contributed by atoms with Crippen LogP contribution in [0, 0.1) is 11.8 Å².